The molecule has 0 spiro atoms. The van der Waals surface area contributed by atoms with Gasteiger partial charge in [-0.15, -0.1) is 11.3 Å². The number of esters is 1. The summed E-state index contributed by atoms with van der Waals surface area (Å²) in [6.45, 7) is -0.0437. The van der Waals surface area contributed by atoms with Crippen molar-refractivity contribution in [2.24, 2.45) is 0 Å². The number of thiophene rings is 1. The third-order valence-electron chi connectivity index (χ3n) is 3.18. The summed E-state index contributed by atoms with van der Waals surface area (Å²) in [4.78, 5) is 21.2. The number of hydrogen-bond donors (Lipinski definition) is 0. The number of fused-ring (bicyclic) bond motifs is 1. The van der Waals surface area contributed by atoms with Gasteiger partial charge >= 0.3 is 5.97 Å². The minimum Gasteiger partial charge on any atom is -0.496 e. The zero-order valence-electron chi connectivity index (χ0n) is 12.7. The van der Waals surface area contributed by atoms with Crippen molar-refractivity contribution in [3.8, 4) is 5.75 Å². The Labute approximate surface area is 145 Å². The Morgan fingerprint density at radius 1 is 1.33 bits per heavy atom. The summed E-state index contributed by atoms with van der Waals surface area (Å²) in [7, 11) is 1.48. The van der Waals surface area contributed by atoms with E-state index in [0.717, 1.165) is 15.2 Å². The molecule has 0 bridgehead atoms. The molecule has 0 fully saturated rings. The molecule has 1 aromatic carbocycles. The van der Waals surface area contributed by atoms with Gasteiger partial charge in [-0.05, 0) is 29.6 Å². The monoisotopic (exact) mass is 364 g/mol. The predicted octanol–water partition coefficient (Wildman–Crippen LogP) is 3.67. The van der Waals surface area contributed by atoms with E-state index in [1.165, 1.54) is 54.7 Å². The van der Waals surface area contributed by atoms with Crippen molar-refractivity contribution < 1.29 is 18.7 Å². The Kier molecular flexibility index (Phi) is 5.27. The number of benzene rings is 1. The number of aromatic nitrogens is 2. The maximum absolute atomic E-state index is 13.3. The quantitative estimate of drug-likeness (QED) is 0.378. The molecule has 0 atom stereocenters. The molecule has 0 unspecified atom stereocenters. The molecule has 124 valence electrons. The van der Waals surface area contributed by atoms with Gasteiger partial charge in [0.05, 0.1) is 12.9 Å². The standard InChI is InChI=1S/C16H13FN2O3S2/c1-21-13-3-2-11(17)6-10(13)7-22-14(20)8-24-16-12-4-5-23-15(12)18-9-19-16/h2-6,9H,7-8H2,1H3. The first-order valence-electron chi connectivity index (χ1n) is 6.96. The number of carbonyl (C=O) groups excluding carboxylic acids is 1. The molecule has 3 rings (SSSR count). The molecule has 24 heavy (non-hydrogen) atoms. The van der Waals surface area contributed by atoms with Crippen molar-refractivity contribution in [1.82, 2.24) is 9.97 Å². The van der Waals surface area contributed by atoms with E-state index < -0.39 is 11.8 Å². The molecule has 2 heterocycles. The lowest BCUT2D eigenvalue weighted by Crippen LogP contribution is -2.08. The van der Waals surface area contributed by atoms with Gasteiger partial charge in [-0.2, -0.15) is 0 Å². The summed E-state index contributed by atoms with van der Waals surface area (Å²) in [5, 5.41) is 3.59. The number of carbonyl (C=O) groups is 1. The number of hydrogen-bond acceptors (Lipinski definition) is 7. The molecule has 0 radical (unpaired) electrons. The van der Waals surface area contributed by atoms with Crippen LogP contribution in [0.1, 0.15) is 5.56 Å². The maximum Gasteiger partial charge on any atom is 0.316 e. The fourth-order valence-corrected chi connectivity index (χ4v) is 3.65. The van der Waals surface area contributed by atoms with Crippen molar-refractivity contribution in [3.05, 3.63) is 47.4 Å². The number of halogens is 1. The zero-order chi connectivity index (χ0) is 16.9. The molecular formula is C16H13FN2O3S2. The fourth-order valence-electron chi connectivity index (χ4n) is 2.07. The van der Waals surface area contributed by atoms with Crippen LogP contribution in [0.25, 0.3) is 10.2 Å². The van der Waals surface area contributed by atoms with Crippen molar-refractivity contribution >= 4 is 39.3 Å². The molecule has 0 N–H and O–H groups in total. The molecule has 0 amide bonds. The lowest BCUT2D eigenvalue weighted by Gasteiger charge is -2.09. The summed E-state index contributed by atoms with van der Waals surface area (Å²) in [5.74, 6) is -0.224. The third-order valence-corrected chi connectivity index (χ3v) is 4.98. The predicted molar refractivity (Wildman–Crippen MR) is 90.9 cm³/mol. The van der Waals surface area contributed by atoms with Gasteiger partial charge in [-0.1, -0.05) is 11.8 Å². The van der Waals surface area contributed by atoms with Gasteiger partial charge in [0, 0.05) is 10.9 Å². The molecule has 0 aliphatic rings. The average molecular weight is 364 g/mol. The maximum atomic E-state index is 13.3. The molecular weight excluding hydrogens is 351 g/mol. The molecule has 8 heteroatoms. The summed E-state index contributed by atoms with van der Waals surface area (Å²) in [5.41, 5.74) is 0.484. The summed E-state index contributed by atoms with van der Waals surface area (Å²) >= 11 is 2.81. The van der Waals surface area contributed by atoms with Gasteiger partial charge < -0.3 is 9.47 Å². The first-order valence-corrected chi connectivity index (χ1v) is 8.83. The van der Waals surface area contributed by atoms with Crippen LogP contribution >= 0.6 is 23.1 Å². The third kappa shape index (κ3) is 3.82. The Morgan fingerprint density at radius 3 is 3.04 bits per heavy atom. The molecule has 0 saturated heterocycles. The molecule has 2 aromatic heterocycles. The Hall–Kier alpha value is -2.19. The Balaban J connectivity index is 1.58. The first-order chi connectivity index (χ1) is 11.7. The minimum atomic E-state index is -0.409. The van der Waals surface area contributed by atoms with E-state index in [4.69, 9.17) is 9.47 Å². The summed E-state index contributed by atoms with van der Waals surface area (Å²) in [6, 6.07) is 6.01. The SMILES string of the molecule is COc1ccc(F)cc1COC(=O)CSc1ncnc2sccc12. The average Bonchev–Trinajstić information content (AvgIpc) is 3.07. The highest BCUT2D eigenvalue weighted by atomic mass is 32.2. The minimum absolute atomic E-state index is 0.0437. The van der Waals surface area contributed by atoms with Crippen LogP contribution in [0.15, 0.2) is 41.0 Å². The van der Waals surface area contributed by atoms with Gasteiger partial charge in [-0.25, -0.2) is 14.4 Å². The number of thioether (sulfide) groups is 1. The normalized spacial score (nSPS) is 10.8. The van der Waals surface area contributed by atoms with E-state index in [1.54, 1.807) is 0 Å². The Morgan fingerprint density at radius 2 is 2.21 bits per heavy atom. The largest absolute Gasteiger partial charge is 0.496 e. The van der Waals surface area contributed by atoms with E-state index >= 15 is 0 Å². The van der Waals surface area contributed by atoms with E-state index in [1.807, 2.05) is 11.4 Å². The highest BCUT2D eigenvalue weighted by Gasteiger charge is 2.11. The number of rotatable bonds is 6. The summed E-state index contributed by atoms with van der Waals surface area (Å²) in [6.07, 6.45) is 1.48. The zero-order valence-corrected chi connectivity index (χ0v) is 14.3. The lowest BCUT2D eigenvalue weighted by atomic mass is 10.2. The topological polar surface area (TPSA) is 61.3 Å². The first kappa shape index (κ1) is 16.7. The van der Waals surface area contributed by atoms with Crippen LogP contribution in [0, 0.1) is 5.82 Å². The van der Waals surface area contributed by atoms with Gasteiger partial charge in [0.2, 0.25) is 0 Å². The van der Waals surface area contributed by atoms with Gasteiger partial charge in [-0.3, -0.25) is 4.79 Å². The van der Waals surface area contributed by atoms with Crippen LogP contribution < -0.4 is 4.74 Å². The van der Waals surface area contributed by atoms with Gasteiger partial charge in [0.15, 0.2) is 0 Å². The lowest BCUT2D eigenvalue weighted by molar-refractivity contribution is -0.141. The Bertz CT molecular complexity index is 869. The smallest absolute Gasteiger partial charge is 0.316 e. The van der Waals surface area contributed by atoms with E-state index in [9.17, 15) is 9.18 Å². The van der Waals surface area contributed by atoms with Crippen LogP contribution in [-0.4, -0.2) is 28.8 Å². The second-order valence-electron chi connectivity index (χ2n) is 4.72. The summed E-state index contributed by atoms with van der Waals surface area (Å²) < 4.78 is 23.6. The second kappa shape index (κ2) is 7.59. The van der Waals surface area contributed by atoms with Crippen LogP contribution in [0.5, 0.6) is 5.75 Å². The molecule has 3 aromatic rings. The van der Waals surface area contributed by atoms with Crippen LogP contribution in [-0.2, 0) is 16.1 Å². The van der Waals surface area contributed by atoms with E-state index in [-0.39, 0.29) is 12.4 Å². The van der Waals surface area contributed by atoms with Crippen molar-refractivity contribution in [3.63, 3.8) is 0 Å². The molecule has 0 saturated carbocycles. The van der Waals surface area contributed by atoms with Crippen molar-refractivity contribution in [1.29, 1.82) is 0 Å². The van der Waals surface area contributed by atoms with Gasteiger partial charge in [0.25, 0.3) is 0 Å². The number of methoxy groups -OCH3 is 1. The highest BCUT2D eigenvalue weighted by Crippen LogP contribution is 2.27. The van der Waals surface area contributed by atoms with Gasteiger partial charge in [0.1, 0.15) is 34.4 Å². The van der Waals surface area contributed by atoms with Crippen molar-refractivity contribution in [2.45, 2.75) is 11.6 Å². The molecule has 5 nitrogen and oxygen atoms in total. The second-order valence-corrected chi connectivity index (χ2v) is 6.58. The van der Waals surface area contributed by atoms with Crippen LogP contribution in [0.2, 0.25) is 0 Å². The van der Waals surface area contributed by atoms with Crippen LogP contribution in [0.4, 0.5) is 4.39 Å². The highest BCUT2D eigenvalue weighted by molar-refractivity contribution is 8.00. The number of ether oxygens (including phenoxy) is 2. The van der Waals surface area contributed by atoms with E-state index in [0.29, 0.717) is 11.3 Å². The fraction of sp³-hybridized carbons (Fsp3) is 0.188. The molecule has 0 aliphatic heterocycles. The van der Waals surface area contributed by atoms with E-state index in [2.05, 4.69) is 9.97 Å². The van der Waals surface area contributed by atoms with Crippen molar-refractivity contribution in [2.75, 3.05) is 12.9 Å². The number of nitrogens with zero attached hydrogens (tertiary/aromatic N) is 2. The van der Waals surface area contributed by atoms with Crippen LogP contribution in [0.3, 0.4) is 0 Å². The molecule has 0 aliphatic carbocycles.